The molecule has 1 N–H and O–H groups in total. The van der Waals surface area contributed by atoms with Crippen LogP contribution in [0.4, 0.5) is 0 Å². The summed E-state index contributed by atoms with van der Waals surface area (Å²) in [5, 5.41) is 10.8. The number of allylic oxidation sites excluding steroid dienone is 2. The molecule has 2 heterocycles. The largest absolute Gasteiger partial charge is 0.390 e. The van der Waals surface area contributed by atoms with Crippen molar-refractivity contribution in [2.24, 2.45) is 11.8 Å². The van der Waals surface area contributed by atoms with Crippen molar-refractivity contribution in [2.75, 3.05) is 35.5 Å². The second-order valence-electron chi connectivity index (χ2n) is 9.01. The van der Waals surface area contributed by atoms with Crippen LogP contribution in [0.15, 0.2) is 23.8 Å². The molecule has 2 rings (SSSR count). The van der Waals surface area contributed by atoms with E-state index in [9.17, 15) is 5.11 Å². The Morgan fingerprint density at radius 3 is 2.06 bits per heavy atom. The van der Waals surface area contributed by atoms with Crippen molar-refractivity contribution < 1.29 is 38.3 Å². The standard InChI is InChI=1S/C25H44O8/c1-10-17(27-5)16(4)20-21(32-20)18(26)14(2)12-11-13-15(3)19-22(28-6)23(29-7)24(30-8)25(31-9)33-19/h11-14,16-26H,10H2,1-9H3/b12-11+,15-13+/t14-,16+,17-,18+,19+,20-,21-,22+,23-,24+,25-/m0/s1. The third kappa shape index (κ3) is 6.64. The Morgan fingerprint density at radius 2 is 1.55 bits per heavy atom. The molecule has 0 bridgehead atoms. The molecule has 0 radical (unpaired) electrons. The highest BCUT2D eigenvalue weighted by atomic mass is 16.7. The molecular weight excluding hydrogens is 428 g/mol. The molecule has 192 valence electrons. The lowest BCUT2D eigenvalue weighted by atomic mass is 9.91. The van der Waals surface area contributed by atoms with Gasteiger partial charge >= 0.3 is 0 Å². The fourth-order valence-corrected chi connectivity index (χ4v) is 4.83. The van der Waals surface area contributed by atoms with E-state index in [1.807, 2.05) is 32.1 Å². The maximum absolute atomic E-state index is 10.8. The Bertz CT molecular complexity index is 634. The van der Waals surface area contributed by atoms with Crippen LogP contribution in [0.3, 0.4) is 0 Å². The van der Waals surface area contributed by atoms with Crippen molar-refractivity contribution in [1.29, 1.82) is 0 Å². The highest BCUT2D eigenvalue weighted by Crippen LogP contribution is 2.37. The van der Waals surface area contributed by atoms with Crippen LogP contribution in [0, 0.1) is 11.8 Å². The van der Waals surface area contributed by atoms with E-state index in [0.717, 1.165) is 12.0 Å². The zero-order valence-corrected chi connectivity index (χ0v) is 21.6. The van der Waals surface area contributed by atoms with E-state index >= 15 is 0 Å². The van der Waals surface area contributed by atoms with Gasteiger partial charge in [-0.1, -0.05) is 39.0 Å². The van der Waals surface area contributed by atoms with Crippen molar-refractivity contribution in [3.05, 3.63) is 23.8 Å². The van der Waals surface area contributed by atoms with Crippen LogP contribution in [0.2, 0.25) is 0 Å². The Labute approximate surface area is 199 Å². The summed E-state index contributed by atoms with van der Waals surface area (Å²) in [4.78, 5) is 0. The average Bonchev–Trinajstić information content (AvgIpc) is 3.63. The Morgan fingerprint density at radius 1 is 0.909 bits per heavy atom. The van der Waals surface area contributed by atoms with E-state index in [2.05, 4.69) is 13.8 Å². The summed E-state index contributed by atoms with van der Waals surface area (Å²) >= 11 is 0. The van der Waals surface area contributed by atoms with E-state index in [0.29, 0.717) is 0 Å². The zero-order chi connectivity index (χ0) is 24.7. The molecular formula is C25H44O8. The van der Waals surface area contributed by atoms with E-state index in [-0.39, 0.29) is 48.5 Å². The Kier molecular flexibility index (Phi) is 11.4. The van der Waals surface area contributed by atoms with Gasteiger partial charge < -0.3 is 38.3 Å². The third-order valence-electron chi connectivity index (χ3n) is 7.01. The molecule has 0 aromatic carbocycles. The number of hydrogen-bond acceptors (Lipinski definition) is 8. The Balaban J connectivity index is 2.02. The summed E-state index contributed by atoms with van der Waals surface area (Å²) in [5.74, 6) is 0.173. The molecule has 0 unspecified atom stereocenters. The number of rotatable bonds is 13. The average molecular weight is 473 g/mol. The summed E-state index contributed by atoms with van der Waals surface area (Å²) < 4.78 is 39.9. The van der Waals surface area contributed by atoms with Crippen LogP contribution in [0.25, 0.3) is 0 Å². The molecule has 33 heavy (non-hydrogen) atoms. The van der Waals surface area contributed by atoms with Gasteiger partial charge in [0.2, 0.25) is 0 Å². The predicted molar refractivity (Wildman–Crippen MR) is 125 cm³/mol. The van der Waals surface area contributed by atoms with E-state index < -0.39 is 18.5 Å². The number of aliphatic hydroxyl groups excluding tert-OH is 1. The van der Waals surface area contributed by atoms with Gasteiger partial charge in [-0.15, -0.1) is 0 Å². The number of aliphatic hydroxyl groups is 1. The first-order valence-corrected chi connectivity index (χ1v) is 11.8. The molecule has 0 aromatic rings. The van der Waals surface area contributed by atoms with E-state index in [1.54, 1.807) is 35.5 Å². The summed E-state index contributed by atoms with van der Waals surface area (Å²) in [6, 6.07) is 0. The van der Waals surface area contributed by atoms with Gasteiger partial charge in [0.25, 0.3) is 0 Å². The first kappa shape index (κ1) is 28.4. The Hall–Kier alpha value is -0.840. The topological polar surface area (TPSA) is 88.1 Å². The third-order valence-corrected chi connectivity index (χ3v) is 7.01. The molecule has 0 amide bonds. The molecule has 2 fully saturated rings. The van der Waals surface area contributed by atoms with Crippen LogP contribution >= 0.6 is 0 Å². The number of ether oxygens (including phenoxy) is 7. The van der Waals surface area contributed by atoms with Crippen LogP contribution in [0.1, 0.15) is 34.1 Å². The molecule has 8 nitrogen and oxygen atoms in total. The first-order chi connectivity index (χ1) is 15.8. The minimum absolute atomic E-state index is 0.0295. The van der Waals surface area contributed by atoms with Crippen molar-refractivity contribution in [3.8, 4) is 0 Å². The van der Waals surface area contributed by atoms with Gasteiger partial charge in [-0.3, -0.25) is 0 Å². The molecule has 8 heteroatoms. The summed E-state index contributed by atoms with van der Waals surface area (Å²) in [6.07, 6.45) is 4.20. The summed E-state index contributed by atoms with van der Waals surface area (Å²) in [7, 11) is 8.17. The molecule has 0 spiro atoms. The van der Waals surface area contributed by atoms with Gasteiger partial charge in [-0.25, -0.2) is 0 Å². The second-order valence-corrected chi connectivity index (χ2v) is 9.01. The number of hydrogen-bond donors (Lipinski definition) is 1. The molecule has 0 aliphatic carbocycles. The van der Waals surface area contributed by atoms with Gasteiger partial charge in [0.05, 0.1) is 18.3 Å². The lowest BCUT2D eigenvalue weighted by Gasteiger charge is -2.44. The maximum atomic E-state index is 10.8. The second kappa shape index (κ2) is 13.3. The maximum Gasteiger partial charge on any atom is 0.186 e. The minimum atomic E-state index is -0.576. The van der Waals surface area contributed by atoms with Crippen LogP contribution in [0.5, 0.6) is 0 Å². The molecule has 2 saturated heterocycles. The smallest absolute Gasteiger partial charge is 0.186 e. The summed E-state index contributed by atoms with van der Waals surface area (Å²) in [6.45, 7) is 8.18. The van der Waals surface area contributed by atoms with Gasteiger partial charge in [-0.2, -0.15) is 0 Å². The molecule has 0 saturated carbocycles. The molecule has 2 aliphatic heterocycles. The SMILES string of the molecule is CC[C@H](OC)[C@@H](C)[C@@H]1O[C@H]1[C@H](O)[C@@H](C)/C=C/C=C(\C)[C@H]1O[C@H](OC)[C@H](OC)[C@@H](OC)[C@@H]1OC. The highest BCUT2D eigenvalue weighted by molar-refractivity contribution is 5.19. The molecule has 11 atom stereocenters. The van der Waals surface area contributed by atoms with Crippen molar-refractivity contribution in [1.82, 2.24) is 0 Å². The fourth-order valence-electron chi connectivity index (χ4n) is 4.83. The lowest BCUT2D eigenvalue weighted by Crippen LogP contribution is -2.60. The van der Waals surface area contributed by atoms with E-state index in [1.165, 1.54) is 0 Å². The normalized spacial score (nSPS) is 36.5. The number of methoxy groups -OCH3 is 5. The first-order valence-electron chi connectivity index (χ1n) is 11.8. The highest BCUT2D eigenvalue weighted by Gasteiger charge is 2.50. The van der Waals surface area contributed by atoms with Crippen LogP contribution in [-0.4, -0.2) is 95.8 Å². The van der Waals surface area contributed by atoms with Crippen LogP contribution < -0.4 is 0 Å². The summed E-state index contributed by atoms with van der Waals surface area (Å²) in [5.41, 5.74) is 0.957. The number of epoxide rings is 1. The van der Waals surface area contributed by atoms with Crippen LogP contribution in [-0.2, 0) is 33.2 Å². The molecule has 2 aliphatic rings. The fraction of sp³-hybridized carbons (Fsp3) is 0.840. The van der Waals surface area contributed by atoms with Crippen molar-refractivity contribution >= 4 is 0 Å². The minimum Gasteiger partial charge on any atom is -0.390 e. The van der Waals surface area contributed by atoms with Gasteiger partial charge in [-0.05, 0) is 18.9 Å². The zero-order valence-electron chi connectivity index (χ0n) is 21.6. The van der Waals surface area contributed by atoms with Crippen molar-refractivity contribution in [2.45, 2.75) is 89.2 Å². The molecule has 0 aromatic heterocycles. The van der Waals surface area contributed by atoms with E-state index in [4.69, 9.17) is 33.2 Å². The van der Waals surface area contributed by atoms with Gasteiger partial charge in [0, 0.05) is 47.4 Å². The van der Waals surface area contributed by atoms with Crippen molar-refractivity contribution in [3.63, 3.8) is 0 Å². The van der Waals surface area contributed by atoms with Gasteiger partial charge in [0.15, 0.2) is 6.29 Å². The predicted octanol–water partition coefficient (Wildman–Crippen LogP) is 2.73. The lowest BCUT2D eigenvalue weighted by molar-refractivity contribution is -0.295. The monoisotopic (exact) mass is 472 g/mol. The van der Waals surface area contributed by atoms with Gasteiger partial charge in [0.1, 0.15) is 30.5 Å². The quantitative estimate of drug-likeness (QED) is 0.323.